The van der Waals surface area contributed by atoms with Crippen LogP contribution in [0.25, 0.3) is 0 Å². The van der Waals surface area contributed by atoms with E-state index in [4.69, 9.17) is 9.47 Å². The third kappa shape index (κ3) is 17.9. The van der Waals surface area contributed by atoms with Crippen LogP contribution in [0, 0.1) is 0 Å². The Kier molecular flexibility index (Phi) is 18.8. The molecular formula is C18H38O2. The fraction of sp³-hybridized carbons (Fsp3) is 1.00. The van der Waals surface area contributed by atoms with Crippen LogP contribution in [0.4, 0.5) is 0 Å². The van der Waals surface area contributed by atoms with Crippen LogP contribution >= 0.6 is 0 Å². The maximum absolute atomic E-state index is 5.58. The molecule has 0 fully saturated rings. The Morgan fingerprint density at radius 2 is 0.750 bits per heavy atom. The van der Waals surface area contributed by atoms with Crippen molar-refractivity contribution in [2.24, 2.45) is 0 Å². The zero-order chi connectivity index (χ0) is 14.7. The lowest BCUT2D eigenvalue weighted by atomic mass is 10.1. The van der Waals surface area contributed by atoms with E-state index in [-0.39, 0.29) is 0 Å². The fourth-order valence-electron chi connectivity index (χ4n) is 2.29. The second kappa shape index (κ2) is 18.9. The zero-order valence-corrected chi connectivity index (χ0v) is 14.1. The maximum Gasteiger partial charge on any atom is 0.0700 e. The first kappa shape index (κ1) is 19.9. The van der Waals surface area contributed by atoms with E-state index in [0.717, 1.165) is 26.4 Å². The van der Waals surface area contributed by atoms with Gasteiger partial charge in [0.1, 0.15) is 0 Å². The standard InChI is InChI=1S/C18H38O2/c1-3-5-7-9-10-11-12-14-16-20-18-17-19-15-13-8-6-4-2/h3-18H2,1-2H3. The number of unbranched alkanes of at least 4 members (excludes halogenated alkanes) is 10. The van der Waals surface area contributed by atoms with Gasteiger partial charge in [0, 0.05) is 13.2 Å². The van der Waals surface area contributed by atoms with Crippen molar-refractivity contribution in [2.45, 2.75) is 90.9 Å². The van der Waals surface area contributed by atoms with E-state index in [2.05, 4.69) is 13.8 Å². The molecule has 122 valence electrons. The first-order chi connectivity index (χ1) is 9.91. The summed E-state index contributed by atoms with van der Waals surface area (Å²) in [5.74, 6) is 0. The summed E-state index contributed by atoms with van der Waals surface area (Å²) in [6, 6.07) is 0. The second-order valence-electron chi connectivity index (χ2n) is 5.76. The molecule has 0 aromatic carbocycles. The normalized spacial score (nSPS) is 11.1. The highest BCUT2D eigenvalue weighted by Crippen LogP contribution is 2.08. The fourth-order valence-corrected chi connectivity index (χ4v) is 2.29. The summed E-state index contributed by atoms with van der Waals surface area (Å²) in [7, 11) is 0. The number of hydrogen-bond acceptors (Lipinski definition) is 2. The Labute approximate surface area is 127 Å². The molecule has 2 nitrogen and oxygen atoms in total. The summed E-state index contributed by atoms with van der Waals surface area (Å²) >= 11 is 0. The Bertz CT molecular complexity index is 141. The van der Waals surface area contributed by atoms with E-state index in [1.54, 1.807) is 0 Å². The minimum atomic E-state index is 0.767. The molecule has 2 heteroatoms. The molecule has 0 aromatic heterocycles. The largest absolute Gasteiger partial charge is 0.379 e. The van der Waals surface area contributed by atoms with Gasteiger partial charge in [-0.25, -0.2) is 0 Å². The average molecular weight is 286 g/mol. The van der Waals surface area contributed by atoms with Crippen molar-refractivity contribution >= 4 is 0 Å². The second-order valence-corrected chi connectivity index (χ2v) is 5.76. The van der Waals surface area contributed by atoms with Crippen molar-refractivity contribution in [1.29, 1.82) is 0 Å². The van der Waals surface area contributed by atoms with E-state index >= 15 is 0 Å². The van der Waals surface area contributed by atoms with Crippen LogP contribution in [0.15, 0.2) is 0 Å². The smallest absolute Gasteiger partial charge is 0.0700 e. The highest BCUT2D eigenvalue weighted by Gasteiger charge is 1.93. The monoisotopic (exact) mass is 286 g/mol. The van der Waals surface area contributed by atoms with Gasteiger partial charge >= 0.3 is 0 Å². The van der Waals surface area contributed by atoms with Gasteiger partial charge in [-0.1, -0.05) is 78.1 Å². The highest BCUT2D eigenvalue weighted by molar-refractivity contribution is 4.46. The lowest BCUT2D eigenvalue weighted by Crippen LogP contribution is -2.06. The molecule has 0 saturated carbocycles. The minimum absolute atomic E-state index is 0.767. The molecule has 0 rings (SSSR count). The first-order valence-corrected chi connectivity index (χ1v) is 9.07. The molecule has 0 unspecified atom stereocenters. The molecule has 0 aliphatic rings. The molecule has 0 aliphatic heterocycles. The Hall–Kier alpha value is -0.0800. The van der Waals surface area contributed by atoms with E-state index in [0.29, 0.717) is 0 Å². The molecular weight excluding hydrogens is 248 g/mol. The van der Waals surface area contributed by atoms with Gasteiger partial charge in [0.2, 0.25) is 0 Å². The first-order valence-electron chi connectivity index (χ1n) is 9.07. The van der Waals surface area contributed by atoms with Crippen LogP contribution in [-0.2, 0) is 9.47 Å². The molecule has 0 saturated heterocycles. The number of ether oxygens (including phenoxy) is 2. The highest BCUT2D eigenvalue weighted by atomic mass is 16.5. The van der Waals surface area contributed by atoms with Gasteiger partial charge in [-0.2, -0.15) is 0 Å². The molecule has 0 radical (unpaired) electrons. The van der Waals surface area contributed by atoms with E-state index < -0.39 is 0 Å². The summed E-state index contributed by atoms with van der Waals surface area (Å²) in [6.07, 6.45) is 16.0. The maximum atomic E-state index is 5.58. The summed E-state index contributed by atoms with van der Waals surface area (Å²) in [5.41, 5.74) is 0. The third-order valence-corrected chi connectivity index (χ3v) is 3.66. The van der Waals surface area contributed by atoms with Crippen LogP contribution in [0.1, 0.15) is 90.9 Å². The van der Waals surface area contributed by atoms with E-state index in [1.165, 1.54) is 77.0 Å². The van der Waals surface area contributed by atoms with Gasteiger partial charge < -0.3 is 9.47 Å². The number of rotatable bonds is 17. The Morgan fingerprint density at radius 3 is 1.20 bits per heavy atom. The number of hydrogen-bond donors (Lipinski definition) is 0. The van der Waals surface area contributed by atoms with Crippen molar-refractivity contribution in [3.63, 3.8) is 0 Å². The topological polar surface area (TPSA) is 18.5 Å². The quantitative estimate of drug-likeness (QED) is 0.317. The lowest BCUT2D eigenvalue weighted by Gasteiger charge is -2.06. The van der Waals surface area contributed by atoms with Crippen molar-refractivity contribution in [1.82, 2.24) is 0 Å². The van der Waals surface area contributed by atoms with Gasteiger partial charge in [0.05, 0.1) is 13.2 Å². The average Bonchev–Trinajstić information content (AvgIpc) is 2.47. The van der Waals surface area contributed by atoms with E-state index in [9.17, 15) is 0 Å². The summed E-state index contributed by atoms with van der Waals surface area (Å²) in [4.78, 5) is 0. The molecule has 0 atom stereocenters. The zero-order valence-electron chi connectivity index (χ0n) is 14.1. The van der Waals surface area contributed by atoms with Crippen molar-refractivity contribution < 1.29 is 9.47 Å². The van der Waals surface area contributed by atoms with Gasteiger partial charge in [0.15, 0.2) is 0 Å². The van der Waals surface area contributed by atoms with Crippen LogP contribution in [0.2, 0.25) is 0 Å². The molecule has 0 bridgehead atoms. The van der Waals surface area contributed by atoms with Crippen LogP contribution in [0.3, 0.4) is 0 Å². The van der Waals surface area contributed by atoms with Crippen molar-refractivity contribution in [3.8, 4) is 0 Å². The third-order valence-electron chi connectivity index (χ3n) is 3.66. The Morgan fingerprint density at radius 1 is 0.400 bits per heavy atom. The van der Waals surface area contributed by atoms with Crippen molar-refractivity contribution in [2.75, 3.05) is 26.4 Å². The van der Waals surface area contributed by atoms with Gasteiger partial charge in [0.25, 0.3) is 0 Å². The summed E-state index contributed by atoms with van der Waals surface area (Å²) < 4.78 is 11.1. The van der Waals surface area contributed by atoms with Gasteiger partial charge in [-0.15, -0.1) is 0 Å². The lowest BCUT2D eigenvalue weighted by molar-refractivity contribution is 0.0449. The summed E-state index contributed by atoms with van der Waals surface area (Å²) in [6.45, 7) is 7.86. The molecule has 0 amide bonds. The minimum Gasteiger partial charge on any atom is -0.379 e. The molecule has 0 heterocycles. The van der Waals surface area contributed by atoms with Crippen LogP contribution in [0.5, 0.6) is 0 Å². The molecule has 0 spiro atoms. The predicted molar refractivity (Wildman–Crippen MR) is 88.4 cm³/mol. The van der Waals surface area contributed by atoms with Crippen molar-refractivity contribution in [3.05, 3.63) is 0 Å². The van der Waals surface area contributed by atoms with Crippen LogP contribution in [-0.4, -0.2) is 26.4 Å². The van der Waals surface area contributed by atoms with Gasteiger partial charge in [-0.3, -0.25) is 0 Å². The summed E-state index contributed by atoms with van der Waals surface area (Å²) in [5, 5.41) is 0. The molecule has 0 N–H and O–H groups in total. The van der Waals surface area contributed by atoms with Gasteiger partial charge in [-0.05, 0) is 12.8 Å². The predicted octanol–water partition coefficient (Wildman–Crippen LogP) is 5.74. The molecule has 0 aliphatic carbocycles. The SMILES string of the molecule is CCCCCCCCCCOCCOCCCCCC. The van der Waals surface area contributed by atoms with Crippen LogP contribution < -0.4 is 0 Å². The van der Waals surface area contributed by atoms with E-state index in [1.807, 2.05) is 0 Å². The molecule has 20 heavy (non-hydrogen) atoms. The molecule has 0 aromatic rings. The Balaban J connectivity index is 2.89.